The van der Waals surface area contributed by atoms with Crippen molar-refractivity contribution in [1.82, 2.24) is 5.32 Å². The van der Waals surface area contributed by atoms with Crippen molar-refractivity contribution >= 4 is 15.9 Å². The molecule has 1 heterocycles. The number of hydrogen-bond donors (Lipinski definition) is 1. The highest BCUT2D eigenvalue weighted by molar-refractivity contribution is 9.10. The molecule has 1 aromatic rings. The molecule has 1 atom stereocenters. The van der Waals surface area contributed by atoms with Gasteiger partial charge < -0.3 is 10.1 Å². The highest BCUT2D eigenvalue weighted by atomic mass is 79.9. The van der Waals surface area contributed by atoms with Crippen molar-refractivity contribution in [2.75, 3.05) is 19.7 Å². The fourth-order valence-electron chi connectivity index (χ4n) is 2.48. The maximum absolute atomic E-state index is 13.5. The molecule has 0 aromatic heterocycles. The predicted molar refractivity (Wildman–Crippen MR) is 78.6 cm³/mol. The molecule has 4 heteroatoms. The maximum Gasteiger partial charge on any atom is 0.128 e. The van der Waals surface area contributed by atoms with Gasteiger partial charge in [-0.3, -0.25) is 0 Å². The molecule has 1 aromatic carbocycles. The molecule has 2 rings (SSSR count). The third kappa shape index (κ3) is 5.21. The minimum atomic E-state index is -0.195. The second-order valence-electron chi connectivity index (χ2n) is 5.14. The molecule has 2 nitrogen and oxygen atoms in total. The van der Waals surface area contributed by atoms with Crippen LogP contribution in [-0.4, -0.2) is 19.7 Å². The van der Waals surface area contributed by atoms with Crippen LogP contribution in [0.15, 0.2) is 22.7 Å². The monoisotopic (exact) mass is 329 g/mol. The van der Waals surface area contributed by atoms with Crippen LogP contribution in [-0.2, 0) is 11.3 Å². The average molecular weight is 330 g/mol. The first-order valence-corrected chi connectivity index (χ1v) is 7.77. The van der Waals surface area contributed by atoms with Crippen molar-refractivity contribution in [3.8, 4) is 0 Å². The van der Waals surface area contributed by atoms with Gasteiger partial charge in [0.25, 0.3) is 0 Å². The van der Waals surface area contributed by atoms with Gasteiger partial charge in [-0.2, -0.15) is 0 Å². The molecule has 1 aliphatic rings. The Bertz CT molecular complexity index is 394. The van der Waals surface area contributed by atoms with Gasteiger partial charge >= 0.3 is 0 Å². The molecule has 0 aliphatic carbocycles. The highest BCUT2D eigenvalue weighted by Gasteiger charge is 2.12. The lowest BCUT2D eigenvalue weighted by molar-refractivity contribution is 0.110. The lowest BCUT2D eigenvalue weighted by Crippen LogP contribution is -2.29. The summed E-state index contributed by atoms with van der Waals surface area (Å²) < 4.78 is 19.9. The zero-order chi connectivity index (χ0) is 13.5. The van der Waals surface area contributed by atoms with Crippen molar-refractivity contribution < 1.29 is 9.13 Å². The molecule has 0 spiro atoms. The van der Waals surface area contributed by atoms with E-state index in [1.807, 2.05) is 0 Å². The van der Waals surface area contributed by atoms with Crippen LogP contribution >= 0.6 is 15.9 Å². The Morgan fingerprint density at radius 2 is 2.32 bits per heavy atom. The first-order valence-electron chi connectivity index (χ1n) is 6.98. The van der Waals surface area contributed by atoms with Gasteiger partial charge in [0.1, 0.15) is 5.82 Å². The zero-order valence-electron chi connectivity index (χ0n) is 11.1. The van der Waals surface area contributed by atoms with Crippen LogP contribution < -0.4 is 5.32 Å². The summed E-state index contributed by atoms with van der Waals surface area (Å²) in [6, 6.07) is 4.95. The molecule has 106 valence electrons. The van der Waals surface area contributed by atoms with E-state index in [0.717, 1.165) is 29.9 Å². The Kier molecular flexibility index (Phi) is 6.28. The van der Waals surface area contributed by atoms with E-state index in [9.17, 15) is 4.39 Å². The summed E-state index contributed by atoms with van der Waals surface area (Å²) in [6.07, 6.45) is 4.87. The SMILES string of the molecule is Fc1ccc(Br)cc1COCCCC1CCCNC1. The molecular weight excluding hydrogens is 309 g/mol. The minimum absolute atomic E-state index is 0.195. The second-order valence-corrected chi connectivity index (χ2v) is 6.06. The summed E-state index contributed by atoms with van der Waals surface area (Å²) in [6.45, 7) is 3.37. The topological polar surface area (TPSA) is 21.3 Å². The molecule has 0 saturated carbocycles. The number of rotatable bonds is 6. The van der Waals surface area contributed by atoms with Crippen LogP contribution in [0, 0.1) is 11.7 Å². The molecule has 1 aliphatic heterocycles. The van der Waals surface area contributed by atoms with E-state index in [1.54, 1.807) is 12.1 Å². The summed E-state index contributed by atoms with van der Waals surface area (Å²) >= 11 is 3.34. The lowest BCUT2D eigenvalue weighted by atomic mass is 9.95. The van der Waals surface area contributed by atoms with Crippen LogP contribution in [0.1, 0.15) is 31.2 Å². The highest BCUT2D eigenvalue weighted by Crippen LogP contribution is 2.18. The quantitative estimate of drug-likeness (QED) is 0.799. The van der Waals surface area contributed by atoms with Gasteiger partial charge in [0.05, 0.1) is 6.61 Å². The molecule has 1 saturated heterocycles. The van der Waals surface area contributed by atoms with Crippen molar-refractivity contribution in [1.29, 1.82) is 0 Å². The largest absolute Gasteiger partial charge is 0.377 e. The summed E-state index contributed by atoms with van der Waals surface area (Å²) in [5.74, 6) is 0.597. The van der Waals surface area contributed by atoms with Crippen LogP contribution in [0.25, 0.3) is 0 Å². The van der Waals surface area contributed by atoms with E-state index >= 15 is 0 Å². The number of halogens is 2. The molecule has 19 heavy (non-hydrogen) atoms. The lowest BCUT2D eigenvalue weighted by Gasteiger charge is -2.22. The second kappa shape index (κ2) is 7.98. The summed E-state index contributed by atoms with van der Waals surface area (Å²) in [7, 11) is 0. The van der Waals surface area contributed by atoms with Gasteiger partial charge in [-0.05, 0) is 62.9 Å². The fraction of sp³-hybridized carbons (Fsp3) is 0.600. The fourth-order valence-corrected chi connectivity index (χ4v) is 2.89. The number of benzene rings is 1. The Hall–Kier alpha value is -0.450. The van der Waals surface area contributed by atoms with E-state index in [-0.39, 0.29) is 5.82 Å². The maximum atomic E-state index is 13.5. The van der Waals surface area contributed by atoms with Crippen LogP contribution in [0.5, 0.6) is 0 Å². The van der Waals surface area contributed by atoms with Gasteiger partial charge in [0.2, 0.25) is 0 Å². The van der Waals surface area contributed by atoms with Gasteiger partial charge in [-0.25, -0.2) is 4.39 Å². The van der Waals surface area contributed by atoms with E-state index < -0.39 is 0 Å². The molecule has 1 N–H and O–H groups in total. The number of piperidine rings is 1. The third-order valence-electron chi connectivity index (χ3n) is 3.57. The van der Waals surface area contributed by atoms with Crippen LogP contribution in [0.4, 0.5) is 4.39 Å². The average Bonchev–Trinajstić information content (AvgIpc) is 2.43. The predicted octanol–water partition coefficient (Wildman–Crippen LogP) is 3.88. The summed E-state index contributed by atoms with van der Waals surface area (Å²) in [4.78, 5) is 0. The van der Waals surface area contributed by atoms with Crippen LogP contribution in [0.3, 0.4) is 0 Å². The Balaban J connectivity index is 1.62. The van der Waals surface area contributed by atoms with Gasteiger partial charge in [0.15, 0.2) is 0 Å². The Morgan fingerprint density at radius 3 is 3.11 bits per heavy atom. The van der Waals surface area contributed by atoms with Gasteiger partial charge in [-0.1, -0.05) is 15.9 Å². The van der Waals surface area contributed by atoms with E-state index in [0.29, 0.717) is 18.8 Å². The van der Waals surface area contributed by atoms with Crippen LogP contribution in [0.2, 0.25) is 0 Å². The van der Waals surface area contributed by atoms with Crippen molar-refractivity contribution in [2.45, 2.75) is 32.3 Å². The van der Waals surface area contributed by atoms with Crippen molar-refractivity contribution in [2.24, 2.45) is 5.92 Å². The van der Waals surface area contributed by atoms with E-state index in [4.69, 9.17) is 4.74 Å². The van der Waals surface area contributed by atoms with E-state index in [2.05, 4.69) is 21.2 Å². The normalized spacial score (nSPS) is 19.6. The molecule has 0 radical (unpaired) electrons. The first-order chi connectivity index (χ1) is 9.25. The number of nitrogens with one attached hydrogen (secondary N) is 1. The minimum Gasteiger partial charge on any atom is -0.377 e. The molecule has 0 amide bonds. The summed E-state index contributed by atoms with van der Waals surface area (Å²) in [5, 5.41) is 3.42. The Labute approximate surface area is 122 Å². The molecule has 1 fully saturated rings. The van der Waals surface area contributed by atoms with Gasteiger partial charge in [-0.15, -0.1) is 0 Å². The third-order valence-corrected chi connectivity index (χ3v) is 4.06. The number of ether oxygens (including phenoxy) is 1. The standard InChI is InChI=1S/C15H21BrFNO/c16-14-5-6-15(17)13(9-14)11-19-8-2-4-12-3-1-7-18-10-12/h5-6,9,12,18H,1-4,7-8,10-11H2. The first kappa shape index (κ1) is 14.9. The molecule has 1 unspecified atom stereocenters. The van der Waals surface area contributed by atoms with Crippen molar-refractivity contribution in [3.05, 3.63) is 34.1 Å². The summed E-state index contributed by atoms with van der Waals surface area (Å²) in [5.41, 5.74) is 0.619. The smallest absolute Gasteiger partial charge is 0.128 e. The van der Waals surface area contributed by atoms with Gasteiger partial charge in [0, 0.05) is 16.6 Å². The Morgan fingerprint density at radius 1 is 1.42 bits per heavy atom. The molecular formula is C15H21BrFNO. The molecule has 0 bridgehead atoms. The number of hydrogen-bond acceptors (Lipinski definition) is 2. The zero-order valence-corrected chi connectivity index (χ0v) is 12.7. The van der Waals surface area contributed by atoms with E-state index in [1.165, 1.54) is 25.3 Å². The van der Waals surface area contributed by atoms with Crippen molar-refractivity contribution in [3.63, 3.8) is 0 Å².